The third-order valence-corrected chi connectivity index (χ3v) is 3.87. The smallest absolute Gasteiger partial charge is 0.240 e. The molecule has 1 heterocycles. The van der Waals surface area contributed by atoms with E-state index >= 15 is 0 Å². The predicted octanol–water partition coefficient (Wildman–Crippen LogP) is 3.53. The molecule has 4 nitrogen and oxygen atoms in total. The summed E-state index contributed by atoms with van der Waals surface area (Å²) in [5.74, 6) is 0.242. The molecule has 0 aliphatic carbocycles. The molecule has 23 heavy (non-hydrogen) atoms. The van der Waals surface area contributed by atoms with Gasteiger partial charge in [0.2, 0.25) is 5.91 Å². The van der Waals surface area contributed by atoms with Crippen LogP contribution < -0.4 is 4.74 Å². The van der Waals surface area contributed by atoms with Gasteiger partial charge in [0.15, 0.2) is 0 Å². The second-order valence-electron chi connectivity index (χ2n) is 5.42. The van der Waals surface area contributed by atoms with Gasteiger partial charge in [-0.25, -0.2) is 9.40 Å². The molecule has 5 heteroatoms. The summed E-state index contributed by atoms with van der Waals surface area (Å²) >= 11 is 0. The maximum atomic E-state index is 13.5. The van der Waals surface area contributed by atoms with Crippen LogP contribution in [0, 0.1) is 5.82 Å². The van der Waals surface area contributed by atoms with Crippen molar-refractivity contribution in [1.29, 1.82) is 0 Å². The van der Waals surface area contributed by atoms with Crippen LogP contribution in [-0.4, -0.2) is 23.7 Å². The lowest BCUT2D eigenvalue weighted by molar-refractivity contribution is -0.130. The van der Waals surface area contributed by atoms with Gasteiger partial charge in [0.1, 0.15) is 11.6 Å². The second-order valence-corrected chi connectivity index (χ2v) is 5.42. The number of amides is 1. The lowest BCUT2D eigenvalue weighted by Gasteiger charge is -2.20. The van der Waals surface area contributed by atoms with E-state index in [9.17, 15) is 9.18 Å². The van der Waals surface area contributed by atoms with E-state index < -0.39 is 0 Å². The highest BCUT2D eigenvalue weighted by molar-refractivity contribution is 6.03. The van der Waals surface area contributed by atoms with E-state index in [1.165, 1.54) is 24.1 Å². The standard InChI is InChI=1S/C18H17FN2O2/c1-12(22)21-18(14-6-3-7-15(19)9-14)11-17(20-21)13-5-4-8-16(10-13)23-2/h3-10,18H,11H2,1-2H3. The van der Waals surface area contributed by atoms with Gasteiger partial charge in [0, 0.05) is 18.9 Å². The SMILES string of the molecule is COc1cccc(C2=NN(C(C)=O)C(c3cccc(F)c3)C2)c1. The number of hydrazone groups is 1. The van der Waals surface area contributed by atoms with Gasteiger partial charge in [-0.2, -0.15) is 5.10 Å². The number of carbonyl (C=O) groups excluding carboxylic acids is 1. The first-order valence-corrected chi connectivity index (χ1v) is 7.35. The molecule has 0 fully saturated rings. The number of carbonyl (C=O) groups is 1. The molecule has 1 aliphatic heterocycles. The summed E-state index contributed by atoms with van der Waals surface area (Å²) < 4.78 is 18.7. The molecule has 0 saturated carbocycles. The molecule has 0 N–H and O–H groups in total. The van der Waals surface area contributed by atoms with Crippen molar-refractivity contribution in [2.75, 3.05) is 7.11 Å². The van der Waals surface area contributed by atoms with E-state index in [0.717, 1.165) is 22.6 Å². The summed E-state index contributed by atoms with van der Waals surface area (Å²) in [4.78, 5) is 11.9. The van der Waals surface area contributed by atoms with E-state index in [1.54, 1.807) is 13.2 Å². The Balaban J connectivity index is 1.95. The number of ether oxygens (including phenoxy) is 1. The number of hydrogen-bond donors (Lipinski definition) is 0. The van der Waals surface area contributed by atoms with Crippen molar-refractivity contribution in [1.82, 2.24) is 5.01 Å². The third kappa shape index (κ3) is 3.08. The van der Waals surface area contributed by atoms with Crippen molar-refractivity contribution in [3.63, 3.8) is 0 Å². The van der Waals surface area contributed by atoms with Gasteiger partial charge in [0.25, 0.3) is 0 Å². The first-order valence-electron chi connectivity index (χ1n) is 7.35. The third-order valence-electron chi connectivity index (χ3n) is 3.87. The van der Waals surface area contributed by atoms with Crippen LogP contribution in [-0.2, 0) is 4.79 Å². The number of hydrogen-bond acceptors (Lipinski definition) is 3. The maximum absolute atomic E-state index is 13.5. The summed E-state index contributed by atoms with van der Waals surface area (Å²) in [6.07, 6.45) is 0.538. The van der Waals surface area contributed by atoms with Crippen molar-refractivity contribution in [3.8, 4) is 5.75 Å². The van der Waals surface area contributed by atoms with Crippen LogP contribution in [0.5, 0.6) is 5.75 Å². The van der Waals surface area contributed by atoms with Gasteiger partial charge >= 0.3 is 0 Å². The van der Waals surface area contributed by atoms with Gasteiger partial charge in [0.05, 0.1) is 18.9 Å². The Morgan fingerprint density at radius 3 is 2.74 bits per heavy atom. The first-order chi connectivity index (χ1) is 11.1. The Hall–Kier alpha value is -2.69. The molecule has 118 valence electrons. The van der Waals surface area contributed by atoms with Crippen molar-refractivity contribution in [2.45, 2.75) is 19.4 Å². The monoisotopic (exact) mass is 312 g/mol. The topological polar surface area (TPSA) is 41.9 Å². The highest BCUT2D eigenvalue weighted by atomic mass is 19.1. The number of nitrogens with zero attached hydrogens (tertiary/aromatic N) is 2. The largest absolute Gasteiger partial charge is 0.497 e. The summed E-state index contributed by atoms with van der Waals surface area (Å²) in [7, 11) is 1.60. The van der Waals surface area contributed by atoms with Crippen molar-refractivity contribution >= 4 is 11.6 Å². The molecule has 0 spiro atoms. The van der Waals surface area contributed by atoms with E-state index in [4.69, 9.17) is 4.74 Å². The lowest BCUT2D eigenvalue weighted by atomic mass is 9.98. The average molecular weight is 312 g/mol. The molecule has 0 aromatic heterocycles. The molecule has 0 saturated heterocycles. The Labute approximate surface area is 134 Å². The fourth-order valence-electron chi connectivity index (χ4n) is 2.75. The Bertz CT molecular complexity index is 773. The summed E-state index contributed by atoms with van der Waals surface area (Å²) in [5, 5.41) is 5.86. The van der Waals surface area contributed by atoms with Gasteiger partial charge < -0.3 is 4.74 Å². The molecule has 0 bridgehead atoms. The van der Waals surface area contributed by atoms with E-state index in [0.29, 0.717) is 6.42 Å². The minimum atomic E-state index is -0.319. The molecule has 1 unspecified atom stereocenters. The molecule has 2 aromatic rings. The molecule has 1 atom stereocenters. The lowest BCUT2D eigenvalue weighted by Crippen LogP contribution is -2.24. The molecule has 3 rings (SSSR count). The fourth-order valence-corrected chi connectivity index (χ4v) is 2.75. The minimum absolute atomic E-state index is 0.169. The van der Waals surface area contributed by atoms with Crippen LogP contribution in [0.2, 0.25) is 0 Å². The van der Waals surface area contributed by atoms with Gasteiger partial charge in [-0.15, -0.1) is 0 Å². The highest BCUT2D eigenvalue weighted by Gasteiger charge is 2.31. The summed E-state index contributed by atoms with van der Waals surface area (Å²) in [6.45, 7) is 1.46. The van der Waals surface area contributed by atoms with E-state index in [1.807, 2.05) is 30.3 Å². The van der Waals surface area contributed by atoms with Crippen molar-refractivity contribution in [3.05, 3.63) is 65.5 Å². The Kier molecular flexibility index (Phi) is 4.10. The fraction of sp³-hybridized carbons (Fsp3) is 0.222. The first kappa shape index (κ1) is 15.2. The molecular weight excluding hydrogens is 295 g/mol. The Morgan fingerprint density at radius 2 is 2.04 bits per heavy atom. The number of halogens is 1. The van der Waals surface area contributed by atoms with Crippen LogP contribution in [0.3, 0.4) is 0 Å². The second kappa shape index (κ2) is 6.20. The predicted molar refractivity (Wildman–Crippen MR) is 85.8 cm³/mol. The highest BCUT2D eigenvalue weighted by Crippen LogP contribution is 2.33. The zero-order chi connectivity index (χ0) is 16.4. The van der Waals surface area contributed by atoms with Gasteiger partial charge in [-0.1, -0.05) is 24.3 Å². The quantitative estimate of drug-likeness (QED) is 0.870. The van der Waals surface area contributed by atoms with Crippen LogP contribution in [0.1, 0.15) is 30.5 Å². The number of benzene rings is 2. The average Bonchev–Trinajstić information content (AvgIpc) is 3.00. The summed E-state index contributed by atoms with van der Waals surface area (Å²) in [5.41, 5.74) is 2.42. The zero-order valence-electron chi connectivity index (χ0n) is 13.0. The normalized spacial score (nSPS) is 17.1. The molecular formula is C18H17FN2O2. The summed E-state index contributed by atoms with van der Waals surface area (Å²) in [6, 6.07) is 13.5. The number of methoxy groups -OCH3 is 1. The van der Waals surface area contributed by atoms with Crippen molar-refractivity contribution in [2.24, 2.45) is 5.10 Å². The zero-order valence-corrected chi connectivity index (χ0v) is 13.0. The van der Waals surface area contributed by atoms with Crippen molar-refractivity contribution < 1.29 is 13.9 Å². The molecule has 0 radical (unpaired) electrons. The van der Waals surface area contributed by atoms with Gasteiger partial charge in [-0.05, 0) is 29.8 Å². The molecule has 1 amide bonds. The van der Waals surface area contributed by atoms with E-state index in [2.05, 4.69) is 5.10 Å². The number of rotatable bonds is 3. The van der Waals surface area contributed by atoms with Crippen LogP contribution in [0.4, 0.5) is 4.39 Å². The van der Waals surface area contributed by atoms with Crippen LogP contribution >= 0.6 is 0 Å². The van der Waals surface area contributed by atoms with Crippen LogP contribution in [0.25, 0.3) is 0 Å². The Morgan fingerprint density at radius 1 is 1.26 bits per heavy atom. The molecule has 1 aliphatic rings. The molecule has 2 aromatic carbocycles. The maximum Gasteiger partial charge on any atom is 0.240 e. The van der Waals surface area contributed by atoms with Crippen LogP contribution in [0.15, 0.2) is 53.6 Å². The minimum Gasteiger partial charge on any atom is -0.497 e. The van der Waals surface area contributed by atoms with E-state index in [-0.39, 0.29) is 17.8 Å². The van der Waals surface area contributed by atoms with Gasteiger partial charge in [-0.3, -0.25) is 4.79 Å².